The van der Waals surface area contributed by atoms with Gasteiger partial charge in [-0.3, -0.25) is 9.80 Å². The Labute approximate surface area is 203 Å². The average molecular weight is 479 g/mol. The molecule has 1 amide bonds. The molecular weight excluding hydrogens is 452 g/mol. The molecule has 2 heterocycles. The highest BCUT2D eigenvalue weighted by Crippen LogP contribution is 2.32. The van der Waals surface area contributed by atoms with E-state index in [1.165, 1.54) is 11.9 Å². The number of aromatic amines is 1. The summed E-state index contributed by atoms with van der Waals surface area (Å²) in [7, 11) is 3.97. The van der Waals surface area contributed by atoms with E-state index in [1.807, 2.05) is 69.2 Å². The number of fused-ring (bicyclic) bond motifs is 1. The second kappa shape index (κ2) is 8.96. The topological polar surface area (TPSA) is 100 Å². The molecule has 9 heteroatoms. The largest absolute Gasteiger partial charge is 0.426 e. The molecule has 2 aromatic heterocycles. The zero-order valence-corrected chi connectivity index (χ0v) is 20.5. The number of benzene rings is 2. The van der Waals surface area contributed by atoms with Crippen LogP contribution in [0.15, 0.2) is 54.6 Å². The highest BCUT2D eigenvalue weighted by Gasteiger charge is 2.28. The van der Waals surface area contributed by atoms with Gasteiger partial charge in [0.2, 0.25) is 5.91 Å². The van der Waals surface area contributed by atoms with E-state index < -0.39 is 5.54 Å². The monoisotopic (exact) mass is 478 g/mol. The zero-order valence-electron chi connectivity index (χ0n) is 19.8. The molecule has 4 rings (SSSR count). The fraction of sp³-hybridized carbons (Fsp3) is 0.240. The number of H-pyrrole nitrogens is 1. The maximum Gasteiger partial charge on any atom is 0.301 e. The average Bonchev–Trinajstić information content (AvgIpc) is 3.19. The van der Waals surface area contributed by atoms with Gasteiger partial charge in [0.25, 0.3) is 0 Å². The van der Waals surface area contributed by atoms with Gasteiger partial charge in [0, 0.05) is 32.3 Å². The molecule has 0 radical (unpaired) electrons. The van der Waals surface area contributed by atoms with Crippen LogP contribution in [-0.2, 0) is 10.3 Å². The van der Waals surface area contributed by atoms with E-state index in [0.29, 0.717) is 33.6 Å². The van der Waals surface area contributed by atoms with Gasteiger partial charge in [0.05, 0.1) is 21.8 Å². The highest BCUT2D eigenvalue weighted by atomic mass is 35.5. The molecule has 0 aliphatic rings. The van der Waals surface area contributed by atoms with Gasteiger partial charge in [-0.15, -0.1) is 0 Å². The molecule has 2 aromatic carbocycles. The fourth-order valence-corrected chi connectivity index (χ4v) is 3.91. The molecule has 0 fully saturated rings. The van der Waals surface area contributed by atoms with E-state index in [4.69, 9.17) is 22.2 Å². The van der Waals surface area contributed by atoms with Crippen LogP contribution in [0.5, 0.6) is 11.8 Å². The Kier molecular flexibility index (Phi) is 6.20. The molecule has 0 bridgehead atoms. The number of ether oxygens (including phenoxy) is 1. The summed E-state index contributed by atoms with van der Waals surface area (Å²) in [5.74, 6) is 6.30. The summed E-state index contributed by atoms with van der Waals surface area (Å²) in [4.78, 5) is 26.0. The van der Waals surface area contributed by atoms with E-state index in [0.717, 1.165) is 16.8 Å². The van der Waals surface area contributed by atoms with E-state index in [-0.39, 0.29) is 5.91 Å². The third-order valence-corrected chi connectivity index (χ3v) is 6.05. The number of amides is 1. The SMILES string of the molecule is CC(=O)N(N)C(C)(C)c1ccc(Oc2nc3nc(-c4cccc(N(C)C)c4)c(Cl)cc3[nH]2)cc1. The maximum atomic E-state index is 11.7. The summed E-state index contributed by atoms with van der Waals surface area (Å²) in [5, 5.41) is 1.73. The predicted molar refractivity (Wildman–Crippen MR) is 135 cm³/mol. The molecule has 0 unspecified atom stereocenters. The Hall–Kier alpha value is -3.62. The number of nitrogens with zero attached hydrogens (tertiary/aromatic N) is 4. The van der Waals surface area contributed by atoms with Crippen molar-refractivity contribution in [3.8, 4) is 23.0 Å². The summed E-state index contributed by atoms with van der Waals surface area (Å²) in [6.07, 6.45) is 0. The highest BCUT2D eigenvalue weighted by molar-refractivity contribution is 6.33. The number of hydrogen-bond acceptors (Lipinski definition) is 6. The van der Waals surface area contributed by atoms with Crippen molar-refractivity contribution in [1.82, 2.24) is 20.0 Å². The molecule has 0 atom stereocenters. The lowest BCUT2D eigenvalue weighted by Crippen LogP contribution is -2.49. The van der Waals surface area contributed by atoms with Crippen molar-refractivity contribution >= 4 is 34.4 Å². The Morgan fingerprint density at radius 2 is 1.79 bits per heavy atom. The zero-order chi connectivity index (χ0) is 24.6. The van der Waals surface area contributed by atoms with Crippen LogP contribution in [0.4, 0.5) is 5.69 Å². The number of hydrogen-bond donors (Lipinski definition) is 2. The first-order chi connectivity index (χ1) is 16.1. The van der Waals surface area contributed by atoms with Crippen molar-refractivity contribution < 1.29 is 9.53 Å². The minimum atomic E-state index is -0.662. The molecule has 34 heavy (non-hydrogen) atoms. The number of nitrogens with one attached hydrogen (secondary N) is 1. The van der Waals surface area contributed by atoms with E-state index in [1.54, 1.807) is 18.2 Å². The number of nitrogens with two attached hydrogens (primary N) is 1. The summed E-state index contributed by atoms with van der Waals surface area (Å²) < 4.78 is 5.91. The number of rotatable bonds is 6. The van der Waals surface area contributed by atoms with Crippen LogP contribution in [0.1, 0.15) is 26.3 Å². The van der Waals surface area contributed by atoms with Crippen molar-refractivity contribution in [2.75, 3.05) is 19.0 Å². The summed E-state index contributed by atoms with van der Waals surface area (Å²) in [5.41, 5.74) is 3.99. The summed E-state index contributed by atoms with van der Waals surface area (Å²) in [6, 6.07) is 17.4. The molecule has 0 spiro atoms. The van der Waals surface area contributed by atoms with Crippen LogP contribution in [0.3, 0.4) is 0 Å². The third kappa shape index (κ3) is 4.55. The van der Waals surface area contributed by atoms with E-state index in [2.05, 4.69) is 15.0 Å². The summed E-state index contributed by atoms with van der Waals surface area (Å²) >= 11 is 6.54. The number of halogens is 1. The molecule has 8 nitrogen and oxygen atoms in total. The van der Waals surface area contributed by atoms with Gasteiger partial charge in [-0.25, -0.2) is 10.8 Å². The van der Waals surface area contributed by atoms with Crippen LogP contribution < -0.4 is 15.5 Å². The lowest BCUT2D eigenvalue weighted by molar-refractivity contribution is -0.134. The minimum Gasteiger partial charge on any atom is -0.426 e. The van der Waals surface area contributed by atoms with Gasteiger partial charge in [-0.05, 0) is 49.7 Å². The van der Waals surface area contributed by atoms with Crippen molar-refractivity contribution in [1.29, 1.82) is 0 Å². The Morgan fingerprint density at radius 1 is 1.09 bits per heavy atom. The first kappa shape index (κ1) is 23.5. The Bertz CT molecular complexity index is 1350. The standard InChI is InChI=1S/C25H27ClN6O2/c1-15(33)32(27)25(2,3)17-9-11-19(12-10-17)34-24-28-21-14-20(26)22(29-23(21)30-24)16-7-6-8-18(13-16)31(4)5/h6-14H,27H2,1-5H3,(H,28,29,30). The summed E-state index contributed by atoms with van der Waals surface area (Å²) in [6.45, 7) is 5.20. The molecule has 3 N–H and O–H groups in total. The van der Waals surface area contributed by atoms with Crippen LogP contribution in [0.2, 0.25) is 5.02 Å². The normalized spacial score (nSPS) is 11.5. The number of hydrazine groups is 1. The van der Waals surface area contributed by atoms with Crippen LogP contribution in [-0.4, -0.2) is 40.0 Å². The van der Waals surface area contributed by atoms with Crippen LogP contribution in [0, 0.1) is 0 Å². The third-order valence-electron chi connectivity index (χ3n) is 5.76. The number of imidazole rings is 1. The van der Waals surface area contributed by atoms with Gasteiger partial charge in [0.15, 0.2) is 5.65 Å². The first-order valence-electron chi connectivity index (χ1n) is 10.7. The number of carbonyl (C=O) groups excluding carboxylic acids is 1. The van der Waals surface area contributed by atoms with Crippen molar-refractivity contribution in [3.63, 3.8) is 0 Å². The second-order valence-electron chi connectivity index (χ2n) is 8.75. The number of pyridine rings is 1. The van der Waals surface area contributed by atoms with Gasteiger partial charge in [0.1, 0.15) is 5.75 Å². The van der Waals surface area contributed by atoms with Gasteiger partial charge in [-0.1, -0.05) is 35.9 Å². The lowest BCUT2D eigenvalue weighted by atomic mass is 9.93. The van der Waals surface area contributed by atoms with Crippen molar-refractivity contribution in [3.05, 3.63) is 65.2 Å². The molecule has 0 aliphatic carbocycles. The number of carbonyl (C=O) groups is 1. The molecule has 4 aromatic rings. The molecule has 0 saturated heterocycles. The second-order valence-corrected chi connectivity index (χ2v) is 9.16. The first-order valence-corrected chi connectivity index (χ1v) is 11.1. The predicted octanol–water partition coefficient (Wildman–Crippen LogP) is 5.09. The molecular formula is C25H27ClN6O2. The van der Waals surface area contributed by atoms with Crippen LogP contribution >= 0.6 is 11.6 Å². The Balaban J connectivity index is 1.59. The Morgan fingerprint density at radius 3 is 2.44 bits per heavy atom. The number of aromatic nitrogens is 3. The molecule has 176 valence electrons. The van der Waals surface area contributed by atoms with E-state index >= 15 is 0 Å². The maximum absolute atomic E-state index is 11.7. The van der Waals surface area contributed by atoms with Gasteiger partial charge < -0.3 is 14.6 Å². The van der Waals surface area contributed by atoms with Crippen molar-refractivity contribution in [2.45, 2.75) is 26.3 Å². The quantitative estimate of drug-likeness (QED) is 0.227. The van der Waals surface area contributed by atoms with Gasteiger partial charge >= 0.3 is 6.01 Å². The van der Waals surface area contributed by atoms with Crippen molar-refractivity contribution in [2.24, 2.45) is 5.84 Å². The van der Waals surface area contributed by atoms with Crippen LogP contribution in [0.25, 0.3) is 22.4 Å². The lowest BCUT2D eigenvalue weighted by Gasteiger charge is -2.34. The van der Waals surface area contributed by atoms with Gasteiger partial charge in [-0.2, -0.15) is 4.98 Å². The fourth-order valence-electron chi connectivity index (χ4n) is 3.65. The smallest absolute Gasteiger partial charge is 0.301 e. The molecule has 0 aliphatic heterocycles. The minimum absolute atomic E-state index is 0.216. The number of anilines is 1. The molecule has 0 saturated carbocycles. The van der Waals surface area contributed by atoms with E-state index in [9.17, 15) is 4.79 Å².